The largest absolute Gasteiger partial charge is 0.481 e. The molecule has 2 radical (unpaired) electrons. The summed E-state index contributed by atoms with van der Waals surface area (Å²) in [5, 5.41) is 16.5. The minimum Gasteiger partial charge on any atom is -0.481 e. The third-order valence-electron chi connectivity index (χ3n) is 2.99. The van der Waals surface area contributed by atoms with Crippen LogP contribution >= 0.6 is 0 Å². The number of carboxylic acid groups (broad SMARTS) is 2. The van der Waals surface area contributed by atoms with Gasteiger partial charge in [-0.3, -0.25) is 9.59 Å². The van der Waals surface area contributed by atoms with Crippen LogP contribution < -0.4 is 0 Å². The van der Waals surface area contributed by atoms with Crippen LogP contribution in [-0.4, -0.2) is 73.5 Å². The standard InChI is InChI=1S/2C8H16O2.K.Mn/c2*1-2-3-4-5-6-7-8(9)10;;/h2*2-7H2,1H3,(H,9,10);;. The van der Waals surface area contributed by atoms with E-state index < -0.39 is 11.9 Å². The van der Waals surface area contributed by atoms with Crippen molar-refractivity contribution in [3.8, 4) is 0 Å². The smallest absolute Gasteiger partial charge is 0.303 e. The van der Waals surface area contributed by atoms with Gasteiger partial charge < -0.3 is 10.2 Å². The quantitative estimate of drug-likeness (QED) is 0.385. The van der Waals surface area contributed by atoms with Crippen LogP contribution in [0, 0.1) is 0 Å². The third-order valence-corrected chi connectivity index (χ3v) is 2.99. The number of rotatable bonds is 12. The van der Waals surface area contributed by atoms with Gasteiger partial charge in [-0.15, -0.1) is 0 Å². The summed E-state index contributed by atoms with van der Waals surface area (Å²) in [6.07, 6.45) is 11.8. The van der Waals surface area contributed by atoms with Gasteiger partial charge in [-0.05, 0) is 12.8 Å². The zero-order valence-electron chi connectivity index (χ0n) is 14.6. The molecule has 0 saturated heterocycles. The molecule has 0 spiro atoms. The van der Waals surface area contributed by atoms with Crippen molar-refractivity contribution in [1.29, 1.82) is 0 Å². The van der Waals surface area contributed by atoms with Crippen molar-refractivity contribution < 1.29 is 36.9 Å². The van der Waals surface area contributed by atoms with E-state index in [1.165, 1.54) is 38.5 Å². The predicted molar refractivity (Wildman–Crippen MR) is 87.8 cm³/mol. The Bertz CT molecular complexity index is 214. The number of aliphatic carboxylic acids is 2. The fourth-order valence-corrected chi connectivity index (χ4v) is 1.76. The SMILES string of the molecule is CCCCCCCC(=O)O.CCCCCCCC(=O)O.[K].[Mn]. The van der Waals surface area contributed by atoms with Gasteiger partial charge in [-0.1, -0.05) is 65.2 Å². The molecular weight excluding hydrogens is 350 g/mol. The van der Waals surface area contributed by atoms with E-state index in [0.717, 1.165) is 25.7 Å². The second-order valence-corrected chi connectivity index (χ2v) is 5.12. The Morgan fingerprint density at radius 2 is 0.909 bits per heavy atom. The van der Waals surface area contributed by atoms with Gasteiger partial charge in [-0.2, -0.15) is 0 Å². The van der Waals surface area contributed by atoms with E-state index in [4.69, 9.17) is 10.2 Å². The van der Waals surface area contributed by atoms with E-state index in [2.05, 4.69) is 13.8 Å². The molecule has 0 atom stereocenters. The van der Waals surface area contributed by atoms with Gasteiger partial charge in [0.15, 0.2) is 0 Å². The molecular formula is C16H32KMnO4. The molecule has 22 heavy (non-hydrogen) atoms. The summed E-state index contributed by atoms with van der Waals surface area (Å²) in [5.74, 6) is -1.34. The van der Waals surface area contributed by atoms with Gasteiger partial charge in [0, 0.05) is 81.3 Å². The molecule has 4 nitrogen and oxygen atoms in total. The summed E-state index contributed by atoms with van der Waals surface area (Å²) >= 11 is 0. The first-order valence-corrected chi connectivity index (χ1v) is 7.98. The van der Waals surface area contributed by atoms with Crippen LogP contribution in [0.25, 0.3) is 0 Å². The van der Waals surface area contributed by atoms with E-state index in [-0.39, 0.29) is 68.5 Å². The Balaban J connectivity index is -0.000000135. The maximum absolute atomic E-state index is 10.0. The van der Waals surface area contributed by atoms with Crippen LogP contribution in [0.15, 0.2) is 0 Å². The molecule has 0 amide bonds. The van der Waals surface area contributed by atoms with Gasteiger partial charge >= 0.3 is 11.9 Å². The van der Waals surface area contributed by atoms with E-state index in [1.54, 1.807) is 0 Å². The molecule has 0 fully saturated rings. The molecule has 0 aliphatic carbocycles. The van der Waals surface area contributed by atoms with Gasteiger partial charge in [0.25, 0.3) is 0 Å². The second-order valence-electron chi connectivity index (χ2n) is 5.12. The maximum Gasteiger partial charge on any atom is 0.303 e. The number of carboxylic acids is 2. The van der Waals surface area contributed by atoms with E-state index in [1.807, 2.05) is 0 Å². The number of carbonyl (C=O) groups is 2. The molecule has 0 bridgehead atoms. The van der Waals surface area contributed by atoms with Crippen LogP contribution in [0.3, 0.4) is 0 Å². The van der Waals surface area contributed by atoms with Crippen molar-refractivity contribution in [2.75, 3.05) is 0 Å². The van der Waals surface area contributed by atoms with E-state index >= 15 is 0 Å². The topological polar surface area (TPSA) is 74.6 Å². The number of unbranched alkanes of at least 4 members (excludes halogenated alkanes) is 8. The number of hydrogen-bond acceptors (Lipinski definition) is 2. The molecule has 0 aromatic carbocycles. The van der Waals surface area contributed by atoms with E-state index in [9.17, 15) is 9.59 Å². The molecule has 0 aromatic rings. The number of hydrogen-bond donors (Lipinski definition) is 2. The zero-order valence-corrected chi connectivity index (χ0v) is 18.9. The summed E-state index contributed by atoms with van der Waals surface area (Å²) in [6.45, 7) is 4.30. The summed E-state index contributed by atoms with van der Waals surface area (Å²) < 4.78 is 0. The predicted octanol–water partition coefficient (Wildman–Crippen LogP) is 4.48. The van der Waals surface area contributed by atoms with E-state index in [0.29, 0.717) is 12.8 Å². The fraction of sp³-hybridized carbons (Fsp3) is 0.875. The van der Waals surface area contributed by atoms with Crippen LogP contribution in [0.2, 0.25) is 0 Å². The first-order chi connectivity index (χ1) is 9.54. The second kappa shape index (κ2) is 27.0. The molecule has 0 unspecified atom stereocenters. The summed E-state index contributed by atoms with van der Waals surface area (Å²) in [7, 11) is 0. The minimum absolute atomic E-state index is 0. The van der Waals surface area contributed by atoms with Crippen molar-refractivity contribution in [3.63, 3.8) is 0 Å². The minimum atomic E-state index is -0.670. The fourth-order valence-electron chi connectivity index (χ4n) is 1.76. The van der Waals surface area contributed by atoms with Crippen molar-refractivity contribution in [2.45, 2.75) is 90.9 Å². The molecule has 0 rings (SSSR count). The van der Waals surface area contributed by atoms with Gasteiger partial charge in [-0.25, -0.2) is 0 Å². The van der Waals surface area contributed by atoms with Gasteiger partial charge in [0.1, 0.15) is 0 Å². The van der Waals surface area contributed by atoms with Gasteiger partial charge in [0.2, 0.25) is 0 Å². The normalized spacial score (nSPS) is 8.82. The average Bonchev–Trinajstić information content (AvgIpc) is 2.38. The molecule has 128 valence electrons. The monoisotopic (exact) mass is 382 g/mol. The first-order valence-electron chi connectivity index (χ1n) is 7.98. The summed E-state index contributed by atoms with van der Waals surface area (Å²) in [5.41, 5.74) is 0. The average molecular weight is 382 g/mol. The first kappa shape index (κ1) is 30.9. The molecule has 0 saturated carbocycles. The molecule has 0 aromatic heterocycles. The third kappa shape index (κ3) is 37.4. The molecule has 0 aliphatic heterocycles. The van der Waals surface area contributed by atoms with Crippen molar-refractivity contribution >= 4 is 63.3 Å². The summed E-state index contributed by atoms with van der Waals surface area (Å²) in [4.78, 5) is 20.1. The maximum atomic E-state index is 10.0. The Labute approximate surface area is 189 Å². The Morgan fingerprint density at radius 3 is 1.14 bits per heavy atom. The van der Waals surface area contributed by atoms with Gasteiger partial charge in [0.05, 0.1) is 0 Å². The zero-order chi connectivity index (χ0) is 15.6. The molecule has 6 heteroatoms. The van der Waals surface area contributed by atoms with Crippen LogP contribution in [0.1, 0.15) is 90.9 Å². The van der Waals surface area contributed by atoms with Crippen molar-refractivity contribution in [1.82, 2.24) is 0 Å². The Morgan fingerprint density at radius 1 is 0.636 bits per heavy atom. The van der Waals surface area contributed by atoms with Crippen LogP contribution in [0.5, 0.6) is 0 Å². The molecule has 2 N–H and O–H groups in total. The molecule has 0 heterocycles. The van der Waals surface area contributed by atoms with Crippen LogP contribution in [-0.2, 0) is 26.7 Å². The molecule has 0 aliphatic rings. The Hall–Kier alpha value is 1.10. The van der Waals surface area contributed by atoms with Crippen LogP contribution in [0.4, 0.5) is 0 Å². The summed E-state index contributed by atoms with van der Waals surface area (Å²) in [6, 6.07) is 0. The Kier molecular flexibility index (Phi) is 37.9. The van der Waals surface area contributed by atoms with Crippen molar-refractivity contribution in [3.05, 3.63) is 0 Å². The van der Waals surface area contributed by atoms with Crippen molar-refractivity contribution in [2.24, 2.45) is 0 Å².